The Labute approximate surface area is 148 Å². The predicted octanol–water partition coefficient (Wildman–Crippen LogP) is 3.72. The minimum absolute atomic E-state index is 0.0277. The maximum absolute atomic E-state index is 14.0. The molecule has 0 aliphatic rings. The minimum atomic E-state index is -0.538. The lowest BCUT2D eigenvalue weighted by atomic mass is 10.0. The fraction of sp³-hybridized carbons (Fsp3) is 0.294. The number of halogens is 2. The number of oxime groups is 1. The quantitative estimate of drug-likeness (QED) is 0.610. The predicted molar refractivity (Wildman–Crippen MR) is 94.4 cm³/mol. The van der Waals surface area contributed by atoms with Crippen molar-refractivity contribution in [3.8, 4) is 5.75 Å². The van der Waals surface area contributed by atoms with E-state index in [4.69, 9.17) is 10.6 Å². The van der Waals surface area contributed by atoms with Crippen LogP contribution in [0.25, 0.3) is 0 Å². The number of hydrogen-bond donors (Lipinski definition) is 2. The van der Waals surface area contributed by atoms with Crippen molar-refractivity contribution < 1.29 is 14.3 Å². The summed E-state index contributed by atoms with van der Waals surface area (Å²) < 4.78 is 14.3. The Balaban J connectivity index is 2.63. The van der Waals surface area contributed by atoms with E-state index in [1.54, 1.807) is 18.2 Å². The minimum Gasteiger partial charge on any atom is -0.506 e. The Morgan fingerprint density at radius 1 is 1.42 bits per heavy atom. The number of pyridine rings is 1. The normalized spacial score (nSPS) is 12.3. The van der Waals surface area contributed by atoms with Gasteiger partial charge in [0.05, 0.1) is 4.47 Å². The van der Waals surface area contributed by atoms with Crippen molar-refractivity contribution >= 4 is 21.6 Å². The van der Waals surface area contributed by atoms with Crippen molar-refractivity contribution in [1.82, 2.24) is 4.98 Å². The van der Waals surface area contributed by atoms with Gasteiger partial charge in [-0.25, -0.2) is 4.39 Å². The molecule has 0 fully saturated rings. The SMILES string of the molecule is CC(C)(C)O/N=C(/c1cc(Br)c(F)c(CN)c1)c1ncccc1O. The van der Waals surface area contributed by atoms with E-state index in [9.17, 15) is 9.50 Å². The lowest BCUT2D eigenvalue weighted by Gasteiger charge is -2.18. The van der Waals surface area contributed by atoms with Gasteiger partial charge in [-0.05, 0) is 61.0 Å². The first-order chi connectivity index (χ1) is 11.2. The van der Waals surface area contributed by atoms with E-state index in [0.717, 1.165) is 0 Å². The smallest absolute Gasteiger partial charge is 0.143 e. The summed E-state index contributed by atoms with van der Waals surface area (Å²) in [4.78, 5) is 9.66. The van der Waals surface area contributed by atoms with Gasteiger partial charge in [0.1, 0.15) is 28.6 Å². The average molecular weight is 396 g/mol. The molecule has 0 aliphatic heterocycles. The molecule has 0 aliphatic carbocycles. The van der Waals surface area contributed by atoms with Crippen LogP contribution in [-0.2, 0) is 11.4 Å². The van der Waals surface area contributed by atoms with Crippen molar-refractivity contribution in [3.63, 3.8) is 0 Å². The Hall–Kier alpha value is -1.99. The van der Waals surface area contributed by atoms with E-state index in [1.165, 1.54) is 12.3 Å². The van der Waals surface area contributed by atoms with E-state index in [-0.39, 0.29) is 22.5 Å². The molecule has 0 amide bonds. The van der Waals surface area contributed by atoms with Crippen LogP contribution in [0.1, 0.15) is 37.6 Å². The zero-order valence-corrected chi connectivity index (χ0v) is 15.3. The fourth-order valence-corrected chi connectivity index (χ4v) is 2.43. The van der Waals surface area contributed by atoms with Gasteiger partial charge in [-0.15, -0.1) is 0 Å². The molecule has 2 rings (SSSR count). The van der Waals surface area contributed by atoms with Gasteiger partial charge in [0.25, 0.3) is 0 Å². The van der Waals surface area contributed by atoms with Crippen molar-refractivity contribution in [2.45, 2.75) is 32.9 Å². The van der Waals surface area contributed by atoms with Crippen molar-refractivity contribution in [3.05, 3.63) is 57.6 Å². The highest BCUT2D eigenvalue weighted by Gasteiger charge is 2.19. The summed E-state index contributed by atoms with van der Waals surface area (Å²) in [6.07, 6.45) is 1.53. The summed E-state index contributed by atoms with van der Waals surface area (Å²) in [6, 6.07) is 6.22. The van der Waals surface area contributed by atoms with E-state index in [0.29, 0.717) is 16.8 Å². The zero-order chi connectivity index (χ0) is 17.9. The second-order valence-corrected chi connectivity index (χ2v) is 7.00. The van der Waals surface area contributed by atoms with E-state index in [1.807, 2.05) is 20.8 Å². The molecule has 1 aromatic heterocycles. The maximum atomic E-state index is 14.0. The maximum Gasteiger partial charge on any atom is 0.143 e. The Morgan fingerprint density at radius 3 is 2.71 bits per heavy atom. The van der Waals surface area contributed by atoms with Gasteiger partial charge in [0.15, 0.2) is 0 Å². The Bertz CT molecular complexity index is 773. The summed E-state index contributed by atoms with van der Waals surface area (Å²) in [5.41, 5.74) is 6.44. The molecule has 0 spiro atoms. The molecule has 0 saturated heterocycles. The fourth-order valence-electron chi connectivity index (χ4n) is 1.93. The third-order valence-electron chi connectivity index (χ3n) is 3.02. The van der Waals surface area contributed by atoms with E-state index < -0.39 is 11.4 Å². The summed E-state index contributed by atoms with van der Waals surface area (Å²) in [7, 11) is 0. The molecule has 0 bridgehead atoms. The van der Waals surface area contributed by atoms with Crippen LogP contribution in [0.5, 0.6) is 5.75 Å². The Kier molecular flexibility index (Phi) is 5.56. The highest BCUT2D eigenvalue weighted by molar-refractivity contribution is 9.10. The number of aromatic hydroxyl groups is 1. The summed E-state index contributed by atoms with van der Waals surface area (Å²) >= 11 is 3.18. The first-order valence-electron chi connectivity index (χ1n) is 7.32. The molecule has 1 heterocycles. The number of aromatic nitrogens is 1. The molecule has 0 radical (unpaired) electrons. The number of nitrogens with two attached hydrogens (primary N) is 1. The monoisotopic (exact) mass is 395 g/mol. The van der Waals surface area contributed by atoms with Crippen molar-refractivity contribution in [2.24, 2.45) is 10.9 Å². The van der Waals surface area contributed by atoms with E-state index in [2.05, 4.69) is 26.1 Å². The summed E-state index contributed by atoms with van der Waals surface area (Å²) in [5, 5.41) is 14.3. The molecule has 0 unspecified atom stereocenters. The van der Waals surface area contributed by atoms with Crippen LogP contribution in [0, 0.1) is 5.82 Å². The van der Waals surface area contributed by atoms with Crippen molar-refractivity contribution in [2.75, 3.05) is 0 Å². The molecule has 7 heteroatoms. The van der Waals surface area contributed by atoms with Gasteiger partial charge in [0, 0.05) is 23.9 Å². The molecule has 24 heavy (non-hydrogen) atoms. The zero-order valence-electron chi connectivity index (χ0n) is 13.7. The molecule has 3 N–H and O–H groups in total. The molecular weight excluding hydrogens is 377 g/mol. The first kappa shape index (κ1) is 18.4. The third-order valence-corrected chi connectivity index (χ3v) is 3.60. The lowest BCUT2D eigenvalue weighted by Crippen LogP contribution is -2.18. The van der Waals surface area contributed by atoms with Gasteiger partial charge in [-0.2, -0.15) is 0 Å². The van der Waals surface area contributed by atoms with Crippen LogP contribution >= 0.6 is 15.9 Å². The van der Waals surface area contributed by atoms with Gasteiger partial charge >= 0.3 is 0 Å². The molecule has 128 valence electrons. The summed E-state index contributed by atoms with van der Waals surface area (Å²) in [6.45, 7) is 5.56. The third kappa shape index (κ3) is 4.30. The molecule has 5 nitrogen and oxygen atoms in total. The van der Waals surface area contributed by atoms with Crippen molar-refractivity contribution in [1.29, 1.82) is 0 Å². The van der Waals surface area contributed by atoms with E-state index >= 15 is 0 Å². The van der Waals surface area contributed by atoms with Crippen LogP contribution in [0.2, 0.25) is 0 Å². The second kappa shape index (κ2) is 7.27. The van der Waals surface area contributed by atoms with Crippen LogP contribution in [0.4, 0.5) is 4.39 Å². The standard InChI is InChI=1S/C17H19BrFN3O2/c1-17(2,3)24-22-15(16-13(23)5-4-6-21-16)10-7-11(9-20)14(19)12(18)8-10/h4-8,23H,9,20H2,1-3H3/b22-15-. The second-order valence-electron chi connectivity index (χ2n) is 6.15. The van der Waals surface area contributed by atoms with Crippen LogP contribution < -0.4 is 5.73 Å². The molecular formula is C17H19BrFN3O2. The number of benzene rings is 1. The number of nitrogens with zero attached hydrogens (tertiary/aromatic N) is 2. The van der Waals surface area contributed by atoms with Gasteiger partial charge < -0.3 is 15.7 Å². The first-order valence-corrected chi connectivity index (χ1v) is 8.11. The lowest BCUT2D eigenvalue weighted by molar-refractivity contribution is 0.00111. The summed E-state index contributed by atoms with van der Waals surface area (Å²) in [5.74, 6) is -0.480. The van der Waals surface area contributed by atoms with Gasteiger partial charge in [-0.1, -0.05) is 5.16 Å². The highest BCUT2D eigenvalue weighted by atomic mass is 79.9. The molecule has 0 atom stereocenters. The molecule has 0 saturated carbocycles. The van der Waals surface area contributed by atoms with Gasteiger partial charge in [-0.3, -0.25) is 4.98 Å². The Morgan fingerprint density at radius 2 is 2.12 bits per heavy atom. The number of rotatable bonds is 4. The highest BCUT2D eigenvalue weighted by Crippen LogP contribution is 2.26. The average Bonchev–Trinajstić information content (AvgIpc) is 2.51. The largest absolute Gasteiger partial charge is 0.506 e. The number of hydrogen-bond acceptors (Lipinski definition) is 5. The molecule has 1 aromatic carbocycles. The van der Waals surface area contributed by atoms with Gasteiger partial charge in [0.2, 0.25) is 0 Å². The van der Waals surface area contributed by atoms with Crippen LogP contribution in [-0.4, -0.2) is 21.4 Å². The molecule has 2 aromatic rings. The topological polar surface area (TPSA) is 80.7 Å². The van der Waals surface area contributed by atoms with Crippen LogP contribution in [0.15, 0.2) is 40.1 Å². The van der Waals surface area contributed by atoms with Crippen LogP contribution in [0.3, 0.4) is 0 Å².